The van der Waals surface area contributed by atoms with Crippen LogP contribution >= 0.6 is 0 Å². The Morgan fingerprint density at radius 3 is 2.65 bits per heavy atom. The van der Waals surface area contributed by atoms with Crippen molar-refractivity contribution in [1.82, 2.24) is 20.2 Å². The number of ether oxygens (including phenoxy) is 3. The van der Waals surface area contributed by atoms with Crippen LogP contribution in [0.4, 0.5) is 0 Å². The van der Waals surface area contributed by atoms with Gasteiger partial charge in [-0.25, -0.2) is 4.79 Å². The van der Waals surface area contributed by atoms with Gasteiger partial charge in [0, 0.05) is 32.3 Å². The van der Waals surface area contributed by atoms with Crippen LogP contribution in [0.25, 0.3) is 0 Å². The van der Waals surface area contributed by atoms with Gasteiger partial charge in [-0.1, -0.05) is 0 Å². The van der Waals surface area contributed by atoms with Crippen LogP contribution < -0.4 is 27.6 Å². The number of primary amides is 1. The van der Waals surface area contributed by atoms with Crippen molar-refractivity contribution in [3.63, 3.8) is 0 Å². The van der Waals surface area contributed by atoms with Gasteiger partial charge in [0.05, 0.1) is 5.92 Å². The number of methoxy groups -OCH3 is 1. The second-order valence-corrected chi connectivity index (χ2v) is 9.93. The third kappa shape index (κ3) is 6.10. The number of aliphatic hydroxyl groups excluding tert-OH is 3. The summed E-state index contributed by atoms with van der Waals surface area (Å²) in [5.41, 5.74) is 4.10. The Morgan fingerprint density at radius 1 is 1.23 bits per heavy atom. The Hall–Kier alpha value is -3.57. The molecule has 1 aromatic rings. The van der Waals surface area contributed by atoms with Gasteiger partial charge >= 0.3 is 5.69 Å². The molecule has 0 radical (unpaired) electrons. The van der Waals surface area contributed by atoms with Crippen molar-refractivity contribution in [2.45, 2.75) is 74.6 Å². The zero-order valence-electron chi connectivity index (χ0n) is 21.6. The Morgan fingerprint density at radius 2 is 1.98 bits per heavy atom. The molecule has 0 aliphatic carbocycles. The molecular weight excluding hydrogens is 534 g/mol. The molecule has 9 atom stereocenters. The molecule has 1 aromatic heterocycles. The Balaban J connectivity index is 1.52. The molecule has 16 nitrogen and oxygen atoms in total. The maximum Gasteiger partial charge on any atom is 0.330 e. The SMILES string of the molecule is CO[C@H]1[C@@H](O)[C@H](n2ccc(=O)[nH]c2=O)O[C@@H]1[C@H](C[C@@H]1OC(C(=O)N[C@H]2CCCCNC2=O)=C[C@H](O)[C@@H]1O)C(N)=O. The predicted molar refractivity (Wildman–Crippen MR) is 133 cm³/mol. The lowest BCUT2D eigenvalue weighted by atomic mass is 9.87. The topological polar surface area (TPSA) is 245 Å². The summed E-state index contributed by atoms with van der Waals surface area (Å²) in [6, 6.07) is 0.230. The third-order valence-electron chi connectivity index (χ3n) is 7.29. The number of carbonyl (C=O) groups is 3. The van der Waals surface area contributed by atoms with E-state index >= 15 is 0 Å². The molecule has 4 rings (SSSR count). The molecule has 4 heterocycles. The first-order valence-corrected chi connectivity index (χ1v) is 12.8. The summed E-state index contributed by atoms with van der Waals surface area (Å²) in [5, 5.41) is 37.1. The van der Waals surface area contributed by atoms with Crippen molar-refractivity contribution >= 4 is 17.7 Å². The molecule has 0 bridgehead atoms. The first kappa shape index (κ1) is 29.4. The fourth-order valence-corrected chi connectivity index (χ4v) is 5.16. The van der Waals surface area contributed by atoms with Crippen LogP contribution in [-0.4, -0.2) is 98.9 Å². The molecule has 8 N–H and O–H groups in total. The lowest BCUT2D eigenvalue weighted by Gasteiger charge is -2.35. The van der Waals surface area contributed by atoms with Gasteiger partial charge in [-0.2, -0.15) is 0 Å². The largest absolute Gasteiger partial charge is 0.482 e. The highest BCUT2D eigenvalue weighted by molar-refractivity contribution is 5.95. The van der Waals surface area contributed by atoms with E-state index in [4.69, 9.17) is 19.9 Å². The fraction of sp³-hybridized carbons (Fsp3) is 0.625. The number of hydrogen-bond acceptors (Lipinski definition) is 11. The summed E-state index contributed by atoms with van der Waals surface area (Å²) >= 11 is 0. The number of hydrogen-bond donors (Lipinski definition) is 7. The van der Waals surface area contributed by atoms with Crippen molar-refractivity contribution in [2.75, 3.05) is 13.7 Å². The third-order valence-corrected chi connectivity index (χ3v) is 7.29. The van der Waals surface area contributed by atoms with Crippen molar-refractivity contribution < 1.29 is 43.9 Å². The van der Waals surface area contributed by atoms with Gasteiger partial charge in [0.15, 0.2) is 12.0 Å². The van der Waals surface area contributed by atoms with Crippen LogP contribution in [0.15, 0.2) is 33.7 Å². The minimum absolute atomic E-state index is 0.355. The smallest absolute Gasteiger partial charge is 0.330 e. The maximum absolute atomic E-state index is 12.9. The van der Waals surface area contributed by atoms with Crippen molar-refractivity contribution in [1.29, 1.82) is 0 Å². The van der Waals surface area contributed by atoms with E-state index in [9.17, 15) is 39.3 Å². The molecule has 0 aromatic carbocycles. The lowest BCUT2D eigenvalue weighted by Crippen LogP contribution is -2.51. The highest BCUT2D eigenvalue weighted by Crippen LogP contribution is 2.37. The van der Waals surface area contributed by atoms with Gasteiger partial charge in [-0.3, -0.25) is 28.7 Å². The lowest BCUT2D eigenvalue weighted by molar-refractivity contribution is -0.142. The molecule has 3 aliphatic heterocycles. The quantitative estimate of drug-likeness (QED) is 0.160. The van der Waals surface area contributed by atoms with Gasteiger partial charge in [0.25, 0.3) is 11.5 Å². The molecule has 0 spiro atoms. The molecule has 220 valence electrons. The van der Waals surface area contributed by atoms with Crippen molar-refractivity contribution in [3.05, 3.63) is 44.9 Å². The van der Waals surface area contributed by atoms with Crippen molar-refractivity contribution in [2.24, 2.45) is 11.7 Å². The average Bonchev–Trinajstić information content (AvgIpc) is 3.08. The zero-order valence-corrected chi connectivity index (χ0v) is 21.6. The molecule has 0 saturated carbocycles. The minimum atomic E-state index is -1.58. The highest BCUT2D eigenvalue weighted by atomic mass is 16.6. The normalized spacial score (nSPS) is 33.2. The standard InChI is InChI=1S/C24H33N5O11/c1-38-19-17(33)23(29-7-5-15(31)28-24(29)37)40-18(19)10(20(25)34)8-13-16(32)12(30)9-14(39-13)22(36)27-11-4-2-3-6-26-21(11)35/h5,7,9-13,16-19,23,30,32-33H,2-4,6,8H2,1H3,(H2,25,34)(H,26,35)(H,27,36)(H,28,31,37)/t10-,11-,12-,13-,16-,17+,18+,19-,23+/m0/s1. The van der Waals surface area contributed by atoms with Gasteiger partial charge in [0.1, 0.15) is 42.7 Å². The zero-order chi connectivity index (χ0) is 29.1. The van der Waals surface area contributed by atoms with Gasteiger partial charge in [-0.05, 0) is 25.3 Å². The van der Waals surface area contributed by atoms with E-state index in [0.29, 0.717) is 19.4 Å². The molecule has 2 fully saturated rings. The Labute approximate surface area is 227 Å². The molecule has 40 heavy (non-hydrogen) atoms. The molecular formula is C24H33N5O11. The summed E-state index contributed by atoms with van der Waals surface area (Å²) in [4.78, 5) is 63.5. The van der Waals surface area contributed by atoms with Crippen LogP contribution in [-0.2, 0) is 28.6 Å². The van der Waals surface area contributed by atoms with Crippen LogP contribution in [0.2, 0.25) is 0 Å². The Kier molecular flexibility index (Phi) is 9.05. The van der Waals surface area contributed by atoms with Crippen LogP contribution in [0.5, 0.6) is 0 Å². The monoisotopic (exact) mass is 567 g/mol. The second-order valence-electron chi connectivity index (χ2n) is 9.93. The number of amides is 3. The second kappa shape index (κ2) is 12.3. The summed E-state index contributed by atoms with van der Waals surface area (Å²) in [6.45, 7) is 0.490. The summed E-state index contributed by atoms with van der Waals surface area (Å²) < 4.78 is 17.8. The molecule has 16 heteroatoms. The molecule has 3 aliphatic rings. The molecule has 3 amide bonds. The van der Waals surface area contributed by atoms with E-state index < -0.39 is 77.9 Å². The summed E-state index contributed by atoms with van der Waals surface area (Å²) in [7, 11) is 1.24. The number of rotatable bonds is 8. The summed E-state index contributed by atoms with van der Waals surface area (Å²) in [5.74, 6) is -3.75. The first-order chi connectivity index (χ1) is 19.0. The summed E-state index contributed by atoms with van der Waals surface area (Å²) in [6.07, 6.45) is -6.16. The maximum atomic E-state index is 12.9. The number of aliphatic hydroxyl groups is 3. The van der Waals surface area contributed by atoms with Gasteiger partial charge in [-0.15, -0.1) is 0 Å². The van der Waals surface area contributed by atoms with Gasteiger partial charge in [0.2, 0.25) is 11.8 Å². The molecule has 2 saturated heterocycles. The number of nitrogens with one attached hydrogen (secondary N) is 3. The number of aromatic nitrogens is 2. The van der Waals surface area contributed by atoms with Crippen LogP contribution in [0, 0.1) is 5.92 Å². The van der Waals surface area contributed by atoms with Gasteiger partial charge < -0.3 is 45.9 Å². The number of H-pyrrole nitrogens is 1. The first-order valence-electron chi connectivity index (χ1n) is 12.8. The number of aromatic amines is 1. The van der Waals surface area contributed by atoms with E-state index in [2.05, 4.69) is 10.6 Å². The Bertz CT molecular complexity index is 1260. The van der Waals surface area contributed by atoms with E-state index in [1.807, 2.05) is 4.98 Å². The van der Waals surface area contributed by atoms with E-state index in [0.717, 1.165) is 29.3 Å². The number of nitrogens with zero attached hydrogens (tertiary/aromatic N) is 1. The number of nitrogens with two attached hydrogens (primary N) is 1. The van der Waals surface area contributed by atoms with E-state index in [1.54, 1.807) is 0 Å². The van der Waals surface area contributed by atoms with Crippen LogP contribution in [0.1, 0.15) is 31.9 Å². The average molecular weight is 568 g/mol. The fourth-order valence-electron chi connectivity index (χ4n) is 5.16. The molecule has 0 unspecified atom stereocenters. The van der Waals surface area contributed by atoms with Crippen LogP contribution in [0.3, 0.4) is 0 Å². The minimum Gasteiger partial charge on any atom is -0.482 e. The van der Waals surface area contributed by atoms with E-state index in [1.165, 1.54) is 7.11 Å². The highest BCUT2D eigenvalue weighted by Gasteiger charge is 2.51. The van der Waals surface area contributed by atoms with E-state index in [-0.39, 0.29) is 18.1 Å². The van der Waals surface area contributed by atoms with Crippen molar-refractivity contribution in [3.8, 4) is 0 Å². The number of carbonyl (C=O) groups excluding carboxylic acids is 3. The predicted octanol–water partition coefficient (Wildman–Crippen LogP) is -3.91.